The normalized spacial score (nSPS) is 12.9. The van der Waals surface area contributed by atoms with E-state index in [1.165, 1.54) is 6.07 Å². The minimum atomic E-state index is -1.13. The lowest BCUT2D eigenvalue weighted by atomic mass is 10.1. The van der Waals surface area contributed by atoms with Crippen LogP contribution in [0.5, 0.6) is 11.5 Å². The van der Waals surface area contributed by atoms with Gasteiger partial charge < -0.3 is 19.1 Å². The molecule has 0 saturated heterocycles. The van der Waals surface area contributed by atoms with Crippen LogP contribution in [0.2, 0.25) is 0 Å². The van der Waals surface area contributed by atoms with Crippen molar-refractivity contribution in [1.82, 2.24) is 5.16 Å². The van der Waals surface area contributed by atoms with Gasteiger partial charge in [0.2, 0.25) is 0 Å². The topological polar surface area (TPSA) is 81.8 Å². The highest BCUT2D eigenvalue weighted by Crippen LogP contribution is 2.45. The summed E-state index contributed by atoms with van der Waals surface area (Å²) >= 11 is 3.51. The van der Waals surface area contributed by atoms with Gasteiger partial charge in [-0.25, -0.2) is 4.79 Å². The van der Waals surface area contributed by atoms with Crippen molar-refractivity contribution in [2.45, 2.75) is 6.42 Å². The summed E-state index contributed by atoms with van der Waals surface area (Å²) in [6.07, 6.45) is 0.750. The second-order valence-corrected chi connectivity index (χ2v) is 5.02. The Morgan fingerprint density at radius 1 is 1.50 bits per heavy atom. The predicted molar refractivity (Wildman–Crippen MR) is 72.3 cm³/mol. The van der Waals surface area contributed by atoms with Gasteiger partial charge in [0.25, 0.3) is 0 Å². The smallest absolute Gasteiger partial charge is 0.358 e. The van der Waals surface area contributed by atoms with E-state index in [2.05, 4.69) is 21.1 Å². The third-order valence-corrected chi connectivity index (χ3v) is 3.99. The molecule has 0 bridgehead atoms. The number of carboxylic acid groups (broad SMARTS) is 1. The zero-order valence-corrected chi connectivity index (χ0v) is 12.1. The van der Waals surface area contributed by atoms with Crippen molar-refractivity contribution in [1.29, 1.82) is 0 Å². The van der Waals surface area contributed by atoms with E-state index in [-0.39, 0.29) is 5.69 Å². The van der Waals surface area contributed by atoms with Crippen molar-refractivity contribution < 1.29 is 23.9 Å². The molecule has 0 aliphatic carbocycles. The van der Waals surface area contributed by atoms with Crippen molar-refractivity contribution in [2.75, 3.05) is 13.7 Å². The molecule has 0 unspecified atom stereocenters. The van der Waals surface area contributed by atoms with Gasteiger partial charge in [0, 0.05) is 28.1 Å². The fraction of sp³-hybridized carbons (Fsp3) is 0.231. The quantitative estimate of drug-likeness (QED) is 0.925. The van der Waals surface area contributed by atoms with Gasteiger partial charge in [-0.15, -0.1) is 0 Å². The zero-order valence-electron chi connectivity index (χ0n) is 10.5. The summed E-state index contributed by atoms with van der Waals surface area (Å²) in [7, 11) is 1.55. The highest BCUT2D eigenvalue weighted by Gasteiger charge is 2.25. The maximum Gasteiger partial charge on any atom is 0.358 e. The third kappa shape index (κ3) is 1.94. The monoisotopic (exact) mass is 339 g/mol. The molecule has 3 rings (SSSR count). The number of hydrogen-bond acceptors (Lipinski definition) is 5. The Morgan fingerprint density at radius 3 is 2.95 bits per heavy atom. The van der Waals surface area contributed by atoms with Crippen LogP contribution in [0.4, 0.5) is 0 Å². The van der Waals surface area contributed by atoms with Crippen molar-refractivity contribution >= 4 is 21.9 Å². The van der Waals surface area contributed by atoms with E-state index in [9.17, 15) is 4.79 Å². The summed E-state index contributed by atoms with van der Waals surface area (Å²) in [6.45, 7) is 0.588. The highest BCUT2D eigenvalue weighted by atomic mass is 79.9. The summed E-state index contributed by atoms with van der Waals surface area (Å²) < 4.78 is 16.7. The second-order valence-electron chi connectivity index (χ2n) is 4.23. The second kappa shape index (κ2) is 4.82. The Hall–Kier alpha value is -2.02. The van der Waals surface area contributed by atoms with Crippen LogP contribution in [0.15, 0.2) is 21.1 Å². The van der Waals surface area contributed by atoms with E-state index in [4.69, 9.17) is 19.1 Å². The molecule has 1 N–H and O–H groups in total. The van der Waals surface area contributed by atoms with Crippen LogP contribution in [0.3, 0.4) is 0 Å². The molecule has 20 heavy (non-hydrogen) atoms. The Bertz CT molecular complexity index is 694. The molecule has 1 aromatic heterocycles. The summed E-state index contributed by atoms with van der Waals surface area (Å²) in [5.41, 5.74) is 1.53. The number of nitrogens with zero attached hydrogens (tertiary/aromatic N) is 1. The predicted octanol–water partition coefficient (Wildman–Crippen LogP) is 2.75. The van der Waals surface area contributed by atoms with Crippen LogP contribution >= 0.6 is 15.9 Å². The maximum absolute atomic E-state index is 10.9. The Morgan fingerprint density at radius 2 is 2.30 bits per heavy atom. The van der Waals surface area contributed by atoms with E-state index in [1.807, 2.05) is 0 Å². The number of halogens is 1. The number of aromatic nitrogens is 1. The number of fused-ring (bicyclic) bond motifs is 1. The standard InChI is InChI=1S/C13H10BrNO5/c1-18-10-4-7(9-5-8(13(16)17)15-20-9)11(14)6-2-3-19-12(6)10/h4-5H,2-3H2,1H3,(H,16,17). The molecule has 1 aliphatic heterocycles. The molecule has 104 valence electrons. The molecule has 0 amide bonds. The van der Waals surface area contributed by atoms with Gasteiger partial charge in [0.1, 0.15) is 0 Å². The number of rotatable bonds is 3. The summed E-state index contributed by atoms with van der Waals surface area (Å²) in [5, 5.41) is 12.4. The van der Waals surface area contributed by atoms with Crippen LogP contribution in [-0.2, 0) is 6.42 Å². The van der Waals surface area contributed by atoms with Crippen molar-refractivity contribution in [3.05, 3.63) is 27.9 Å². The Balaban J connectivity index is 2.16. The van der Waals surface area contributed by atoms with Gasteiger partial charge in [-0.05, 0) is 22.0 Å². The lowest BCUT2D eigenvalue weighted by molar-refractivity contribution is 0.0686. The van der Waals surface area contributed by atoms with Crippen LogP contribution in [0.25, 0.3) is 11.3 Å². The average Bonchev–Trinajstić information content (AvgIpc) is 3.08. The molecular weight excluding hydrogens is 330 g/mol. The Kier molecular flexibility index (Phi) is 3.13. The lowest BCUT2D eigenvalue weighted by Gasteiger charge is -2.11. The van der Waals surface area contributed by atoms with Crippen molar-refractivity contribution in [3.8, 4) is 22.8 Å². The van der Waals surface area contributed by atoms with E-state index in [1.54, 1.807) is 13.2 Å². The number of benzene rings is 1. The fourth-order valence-electron chi connectivity index (χ4n) is 2.14. The minimum absolute atomic E-state index is 0.136. The van der Waals surface area contributed by atoms with Gasteiger partial charge >= 0.3 is 5.97 Å². The first-order chi connectivity index (χ1) is 9.61. The third-order valence-electron chi connectivity index (χ3n) is 3.09. The average molecular weight is 340 g/mol. The molecule has 1 aromatic carbocycles. The molecule has 7 heteroatoms. The van der Waals surface area contributed by atoms with Crippen LogP contribution < -0.4 is 9.47 Å². The summed E-state index contributed by atoms with van der Waals surface area (Å²) in [6, 6.07) is 3.12. The van der Waals surface area contributed by atoms with Gasteiger partial charge in [-0.1, -0.05) is 5.16 Å². The first kappa shape index (κ1) is 13.0. The van der Waals surface area contributed by atoms with Crippen LogP contribution in [0, 0.1) is 0 Å². The van der Waals surface area contributed by atoms with Gasteiger partial charge in [-0.3, -0.25) is 0 Å². The molecule has 1 aliphatic rings. The van der Waals surface area contributed by atoms with Gasteiger partial charge in [0.05, 0.1) is 13.7 Å². The SMILES string of the molecule is COc1cc(-c2cc(C(=O)O)no2)c(Br)c2c1OCC2. The van der Waals surface area contributed by atoms with E-state index in [0.717, 1.165) is 16.5 Å². The maximum atomic E-state index is 10.9. The zero-order chi connectivity index (χ0) is 14.3. The highest BCUT2D eigenvalue weighted by molar-refractivity contribution is 9.10. The fourth-order valence-corrected chi connectivity index (χ4v) is 2.83. The number of ether oxygens (including phenoxy) is 2. The number of methoxy groups -OCH3 is 1. The first-order valence-electron chi connectivity index (χ1n) is 5.84. The molecule has 0 saturated carbocycles. The van der Waals surface area contributed by atoms with Crippen LogP contribution in [-0.4, -0.2) is 29.9 Å². The van der Waals surface area contributed by atoms with E-state index in [0.29, 0.717) is 29.4 Å². The van der Waals surface area contributed by atoms with Crippen molar-refractivity contribution in [2.24, 2.45) is 0 Å². The molecule has 0 fully saturated rings. The van der Waals surface area contributed by atoms with E-state index < -0.39 is 5.97 Å². The summed E-state index contributed by atoms with van der Waals surface area (Å²) in [4.78, 5) is 10.9. The number of hydrogen-bond donors (Lipinski definition) is 1. The Labute approximate surface area is 122 Å². The largest absolute Gasteiger partial charge is 0.493 e. The van der Waals surface area contributed by atoms with Gasteiger partial charge in [0.15, 0.2) is 23.0 Å². The number of carbonyl (C=O) groups is 1. The molecule has 0 spiro atoms. The minimum Gasteiger partial charge on any atom is -0.493 e. The molecule has 0 radical (unpaired) electrons. The van der Waals surface area contributed by atoms with Gasteiger partial charge in [-0.2, -0.15) is 0 Å². The number of carboxylic acids is 1. The number of aromatic carboxylic acids is 1. The molecule has 2 heterocycles. The molecule has 6 nitrogen and oxygen atoms in total. The van der Waals surface area contributed by atoms with Crippen LogP contribution in [0.1, 0.15) is 16.1 Å². The van der Waals surface area contributed by atoms with E-state index >= 15 is 0 Å². The summed E-state index contributed by atoms with van der Waals surface area (Å²) in [5.74, 6) is 0.528. The lowest BCUT2D eigenvalue weighted by Crippen LogP contribution is -1.94. The van der Waals surface area contributed by atoms with Crippen molar-refractivity contribution in [3.63, 3.8) is 0 Å². The molecule has 0 atom stereocenters. The molecular formula is C13H10BrNO5. The molecule has 2 aromatic rings. The first-order valence-corrected chi connectivity index (χ1v) is 6.63.